The SMILES string of the molecule is [NH]C(=O)c1ccns1. The summed E-state index contributed by atoms with van der Waals surface area (Å²) in [6.45, 7) is 0. The van der Waals surface area contributed by atoms with E-state index in [-0.39, 0.29) is 0 Å². The molecular formula is C4H3N2OS. The summed E-state index contributed by atoms with van der Waals surface area (Å²) in [4.78, 5) is 10.5. The maximum Gasteiger partial charge on any atom is 0.281 e. The highest BCUT2D eigenvalue weighted by Gasteiger charge is 1.99. The summed E-state index contributed by atoms with van der Waals surface area (Å²) >= 11 is 1.04. The van der Waals surface area contributed by atoms with Crippen LogP contribution >= 0.6 is 11.5 Å². The van der Waals surface area contributed by atoms with Crippen LogP contribution in [0.4, 0.5) is 0 Å². The monoisotopic (exact) mass is 127 g/mol. The van der Waals surface area contributed by atoms with Crippen LogP contribution in [-0.2, 0) is 0 Å². The van der Waals surface area contributed by atoms with Crippen LogP contribution in [0.15, 0.2) is 12.3 Å². The average molecular weight is 127 g/mol. The van der Waals surface area contributed by atoms with Gasteiger partial charge in [-0.05, 0) is 17.6 Å². The van der Waals surface area contributed by atoms with Gasteiger partial charge in [-0.2, -0.15) is 0 Å². The Hall–Kier alpha value is -0.900. The van der Waals surface area contributed by atoms with Crippen molar-refractivity contribution < 1.29 is 4.79 Å². The third-order valence-corrected chi connectivity index (χ3v) is 1.41. The van der Waals surface area contributed by atoms with E-state index in [0.717, 1.165) is 11.5 Å². The van der Waals surface area contributed by atoms with E-state index in [1.165, 1.54) is 12.3 Å². The molecule has 3 nitrogen and oxygen atoms in total. The molecule has 41 valence electrons. The number of hydrogen-bond acceptors (Lipinski definition) is 3. The van der Waals surface area contributed by atoms with Crippen molar-refractivity contribution in [3.8, 4) is 0 Å². The lowest BCUT2D eigenvalue weighted by Gasteiger charge is -1.76. The zero-order chi connectivity index (χ0) is 5.98. The number of hydrogen-bond donors (Lipinski definition) is 0. The molecule has 1 N–H and O–H groups in total. The molecule has 1 amide bonds. The molecule has 0 aliphatic rings. The smallest absolute Gasteiger partial charge is 0.266 e. The van der Waals surface area contributed by atoms with Gasteiger partial charge >= 0.3 is 0 Å². The van der Waals surface area contributed by atoms with Gasteiger partial charge in [0, 0.05) is 6.20 Å². The second-order valence-electron chi connectivity index (χ2n) is 1.21. The van der Waals surface area contributed by atoms with Crippen molar-refractivity contribution >= 4 is 17.4 Å². The number of carbonyl (C=O) groups is 1. The van der Waals surface area contributed by atoms with Gasteiger partial charge in [0.2, 0.25) is 0 Å². The maximum atomic E-state index is 10.1. The van der Waals surface area contributed by atoms with E-state index < -0.39 is 5.91 Å². The van der Waals surface area contributed by atoms with Gasteiger partial charge in [0.15, 0.2) is 0 Å². The van der Waals surface area contributed by atoms with Gasteiger partial charge in [0.25, 0.3) is 5.91 Å². The van der Waals surface area contributed by atoms with Crippen LogP contribution in [0.2, 0.25) is 0 Å². The second-order valence-corrected chi connectivity index (χ2v) is 2.04. The first kappa shape index (κ1) is 5.24. The van der Waals surface area contributed by atoms with E-state index in [1.54, 1.807) is 0 Å². The predicted molar refractivity (Wildman–Crippen MR) is 29.5 cm³/mol. The molecule has 4 heteroatoms. The summed E-state index contributed by atoms with van der Waals surface area (Å²) in [6, 6.07) is 1.53. The molecule has 0 bridgehead atoms. The summed E-state index contributed by atoms with van der Waals surface area (Å²) in [7, 11) is 0. The second kappa shape index (κ2) is 1.92. The highest BCUT2D eigenvalue weighted by molar-refractivity contribution is 7.07. The van der Waals surface area contributed by atoms with Crippen molar-refractivity contribution in [3.05, 3.63) is 17.1 Å². The molecule has 0 fully saturated rings. The molecule has 0 atom stereocenters. The molecule has 1 radical (unpaired) electrons. The minimum atomic E-state index is -0.660. The van der Waals surface area contributed by atoms with E-state index in [1.807, 2.05) is 0 Å². The van der Waals surface area contributed by atoms with Gasteiger partial charge in [-0.15, -0.1) is 0 Å². The van der Waals surface area contributed by atoms with Crippen molar-refractivity contribution in [2.75, 3.05) is 0 Å². The zero-order valence-electron chi connectivity index (χ0n) is 3.92. The van der Waals surface area contributed by atoms with Gasteiger partial charge in [0.1, 0.15) is 4.88 Å². The van der Waals surface area contributed by atoms with Gasteiger partial charge < -0.3 is 0 Å². The fraction of sp³-hybridized carbons (Fsp3) is 0. The van der Waals surface area contributed by atoms with Crippen LogP contribution < -0.4 is 5.73 Å². The van der Waals surface area contributed by atoms with Crippen LogP contribution in [0.3, 0.4) is 0 Å². The van der Waals surface area contributed by atoms with Crippen molar-refractivity contribution in [1.82, 2.24) is 10.1 Å². The molecule has 1 aromatic heterocycles. The summed E-state index contributed by atoms with van der Waals surface area (Å²) in [6.07, 6.45) is 1.51. The Morgan fingerprint density at radius 1 is 1.88 bits per heavy atom. The van der Waals surface area contributed by atoms with E-state index >= 15 is 0 Å². The minimum absolute atomic E-state index is 0.394. The van der Waals surface area contributed by atoms with Gasteiger partial charge in [-0.3, -0.25) is 10.5 Å². The number of nitrogens with one attached hydrogen (secondary N) is 1. The predicted octanol–water partition coefficient (Wildman–Crippen LogP) is 0.566. The lowest BCUT2D eigenvalue weighted by molar-refractivity contribution is 0.0996. The number of carbonyl (C=O) groups excluding carboxylic acids is 1. The number of amides is 1. The fourth-order valence-electron chi connectivity index (χ4n) is 0.333. The largest absolute Gasteiger partial charge is 0.281 e. The van der Waals surface area contributed by atoms with Gasteiger partial charge in [-0.25, -0.2) is 4.37 Å². The normalized spacial score (nSPS) is 9.00. The Bertz CT molecular complexity index is 182. The Morgan fingerprint density at radius 3 is 2.88 bits per heavy atom. The number of aromatic nitrogens is 1. The summed E-state index contributed by atoms with van der Waals surface area (Å²) < 4.78 is 3.64. The van der Waals surface area contributed by atoms with E-state index in [9.17, 15) is 4.79 Å². The average Bonchev–Trinajstić information content (AvgIpc) is 2.12. The van der Waals surface area contributed by atoms with Crippen molar-refractivity contribution in [2.45, 2.75) is 0 Å². The molecule has 1 aromatic rings. The zero-order valence-corrected chi connectivity index (χ0v) is 4.73. The maximum absolute atomic E-state index is 10.1. The fourth-order valence-corrected chi connectivity index (χ4v) is 0.773. The van der Waals surface area contributed by atoms with E-state index in [2.05, 4.69) is 4.37 Å². The van der Waals surface area contributed by atoms with Crippen LogP contribution in [0.1, 0.15) is 9.67 Å². The molecule has 1 heterocycles. The quantitative estimate of drug-likeness (QED) is 0.553. The molecule has 0 saturated heterocycles. The van der Waals surface area contributed by atoms with Crippen molar-refractivity contribution in [2.24, 2.45) is 0 Å². The lowest BCUT2D eigenvalue weighted by Crippen LogP contribution is -1.92. The third kappa shape index (κ3) is 0.840. The van der Waals surface area contributed by atoms with Crippen LogP contribution in [0.25, 0.3) is 0 Å². The van der Waals surface area contributed by atoms with Crippen LogP contribution in [0.5, 0.6) is 0 Å². The molecule has 0 aromatic carbocycles. The summed E-state index contributed by atoms with van der Waals surface area (Å²) in [5, 5.41) is 0. The first-order valence-electron chi connectivity index (χ1n) is 1.97. The molecule has 0 aliphatic heterocycles. The number of rotatable bonds is 1. The Labute approximate surface area is 50.3 Å². The minimum Gasteiger partial charge on any atom is -0.266 e. The molecule has 0 unspecified atom stereocenters. The molecule has 0 spiro atoms. The summed E-state index contributed by atoms with van der Waals surface area (Å²) in [5.74, 6) is -0.660. The first-order valence-corrected chi connectivity index (χ1v) is 2.74. The summed E-state index contributed by atoms with van der Waals surface area (Å²) in [5.41, 5.74) is 6.57. The van der Waals surface area contributed by atoms with Gasteiger partial charge in [-0.1, -0.05) is 0 Å². The Balaban J connectivity index is 2.93. The molecule has 8 heavy (non-hydrogen) atoms. The molecule has 0 saturated carbocycles. The topological polar surface area (TPSA) is 53.8 Å². The molecule has 0 aliphatic carbocycles. The first-order chi connectivity index (χ1) is 3.80. The van der Waals surface area contributed by atoms with Crippen molar-refractivity contribution in [1.29, 1.82) is 0 Å². The van der Waals surface area contributed by atoms with Gasteiger partial charge in [0.05, 0.1) is 0 Å². The van der Waals surface area contributed by atoms with Crippen LogP contribution in [-0.4, -0.2) is 10.3 Å². The van der Waals surface area contributed by atoms with Crippen LogP contribution in [0, 0.1) is 0 Å². The van der Waals surface area contributed by atoms with E-state index in [4.69, 9.17) is 5.73 Å². The highest BCUT2D eigenvalue weighted by atomic mass is 32.1. The molecule has 1 rings (SSSR count). The Kier molecular flexibility index (Phi) is 1.26. The number of nitrogens with zero attached hydrogens (tertiary/aromatic N) is 1. The standard InChI is InChI=1S/C4H3N2OS/c5-4(7)3-1-2-6-8-3/h1-2,5H. The van der Waals surface area contributed by atoms with E-state index in [0.29, 0.717) is 4.88 Å². The molecular weight excluding hydrogens is 124 g/mol. The Morgan fingerprint density at radius 2 is 2.62 bits per heavy atom. The van der Waals surface area contributed by atoms with Crippen molar-refractivity contribution in [3.63, 3.8) is 0 Å². The highest BCUT2D eigenvalue weighted by Crippen LogP contribution is 2.01. The third-order valence-electron chi connectivity index (χ3n) is 0.662. The lowest BCUT2D eigenvalue weighted by atomic mass is 10.5.